The van der Waals surface area contributed by atoms with E-state index in [2.05, 4.69) is 10.3 Å². The van der Waals surface area contributed by atoms with Crippen LogP contribution in [-0.2, 0) is 23.9 Å². The van der Waals surface area contributed by atoms with Gasteiger partial charge in [-0.2, -0.15) is 13.2 Å². The first-order valence-corrected chi connectivity index (χ1v) is 9.28. The molecule has 2 aliphatic heterocycles. The summed E-state index contributed by atoms with van der Waals surface area (Å²) in [6.07, 6.45) is -2.80. The fourth-order valence-electron chi connectivity index (χ4n) is 3.83. The van der Waals surface area contributed by atoms with Gasteiger partial charge in [0.2, 0.25) is 0 Å². The predicted molar refractivity (Wildman–Crippen MR) is 95.6 cm³/mol. The first-order chi connectivity index (χ1) is 13.8. The van der Waals surface area contributed by atoms with Crippen molar-refractivity contribution in [3.05, 3.63) is 64.2 Å². The highest BCUT2D eigenvalue weighted by atomic mass is 19.4. The molecule has 1 N–H and O–H groups in total. The Morgan fingerprint density at radius 3 is 2.90 bits per heavy atom. The van der Waals surface area contributed by atoms with Gasteiger partial charge < -0.3 is 10.1 Å². The van der Waals surface area contributed by atoms with Crippen LogP contribution in [-0.4, -0.2) is 42.0 Å². The number of halogens is 4. The number of nitrogens with one attached hydrogen (secondary N) is 1. The van der Waals surface area contributed by atoms with Crippen LogP contribution >= 0.6 is 0 Å². The second-order valence-electron chi connectivity index (χ2n) is 7.17. The Balaban J connectivity index is 1.54. The van der Waals surface area contributed by atoms with Gasteiger partial charge >= 0.3 is 6.18 Å². The molecule has 154 valence electrons. The number of hydrogen-bond acceptors (Lipinski definition) is 4. The Bertz CT molecular complexity index is 932. The average molecular weight is 409 g/mol. The SMILES string of the molecule is O=C1NCCc2c1ccnc2[C@H]1CN(Cc2cc(F)cc(C(F)(F)F)c2)CCO1. The lowest BCUT2D eigenvalue weighted by molar-refractivity contribution is -0.137. The van der Waals surface area contributed by atoms with Crippen molar-refractivity contribution in [3.8, 4) is 0 Å². The Morgan fingerprint density at radius 1 is 1.28 bits per heavy atom. The second kappa shape index (κ2) is 7.72. The van der Waals surface area contributed by atoms with Crippen molar-refractivity contribution in [3.63, 3.8) is 0 Å². The van der Waals surface area contributed by atoms with Gasteiger partial charge in [0.1, 0.15) is 11.9 Å². The highest BCUT2D eigenvalue weighted by molar-refractivity contribution is 5.96. The molecule has 2 aromatic rings. The number of aromatic nitrogens is 1. The number of morpholine rings is 1. The van der Waals surface area contributed by atoms with Gasteiger partial charge in [0, 0.05) is 37.9 Å². The van der Waals surface area contributed by atoms with E-state index in [0.717, 1.165) is 17.7 Å². The number of carbonyl (C=O) groups is 1. The Labute approximate surface area is 164 Å². The highest BCUT2D eigenvalue weighted by Gasteiger charge is 2.32. The molecule has 9 heteroatoms. The van der Waals surface area contributed by atoms with Gasteiger partial charge in [-0.25, -0.2) is 4.39 Å². The maximum atomic E-state index is 13.7. The topological polar surface area (TPSA) is 54.5 Å². The molecule has 1 aromatic carbocycles. The standard InChI is InChI=1S/C20H19F4N3O2/c21-14-8-12(7-13(9-14)20(22,23)24)10-27-5-6-29-17(11-27)18-15-1-4-26-19(28)16(15)2-3-25-18/h2-3,7-9,17H,1,4-6,10-11H2,(H,26,28)/t17-/m1/s1. The van der Waals surface area contributed by atoms with E-state index in [4.69, 9.17) is 4.74 Å². The zero-order valence-corrected chi connectivity index (χ0v) is 15.4. The molecule has 1 atom stereocenters. The number of fused-ring (bicyclic) bond motifs is 1. The van der Waals surface area contributed by atoms with Crippen molar-refractivity contribution in [2.24, 2.45) is 0 Å². The van der Waals surface area contributed by atoms with Crippen molar-refractivity contribution < 1.29 is 27.1 Å². The quantitative estimate of drug-likeness (QED) is 0.792. The third-order valence-electron chi connectivity index (χ3n) is 5.14. The second-order valence-corrected chi connectivity index (χ2v) is 7.17. The number of ether oxygens (including phenoxy) is 1. The molecular formula is C20H19F4N3O2. The summed E-state index contributed by atoms with van der Waals surface area (Å²) in [5.41, 5.74) is 1.34. The maximum absolute atomic E-state index is 13.7. The Morgan fingerprint density at radius 2 is 2.10 bits per heavy atom. The number of amides is 1. The minimum Gasteiger partial charge on any atom is -0.369 e. The first kappa shape index (κ1) is 19.8. The van der Waals surface area contributed by atoms with E-state index in [1.165, 1.54) is 0 Å². The highest BCUT2D eigenvalue weighted by Crippen LogP contribution is 2.32. The van der Waals surface area contributed by atoms with Gasteiger partial charge in [0.25, 0.3) is 5.91 Å². The molecule has 4 rings (SSSR count). The summed E-state index contributed by atoms with van der Waals surface area (Å²) in [5, 5.41) is 2.79. The molecule has 0 saturated carbocycles. The van der Waals surface area contributed by atoms with Gasteiger partial charge in [-0.1, -0.05) is 0 Å². The number of pyridine rings is 1. The van der Waals surface area contributed by atoms with E-state index in [0.29, 0.717) is 50.0 Å². The molecule has 1 fully saturated rings. The first-order valence-electron chi connectivity index (χ1n) is 9.28. The summed E-state index contributed by atoms with van der Waals surface area (Å²) in [6, 6.07) is 4.25. The average Bonchev–Trinajstić information content (AvgIpc) is 2.67. The number of alkyl halides is 3. The van der Waals surface area contributed by atoms with Crippen LogP contribution in [0.5, 0.6) is 0 Å². The zero-order chi connectivity index (χ0) is 20.6. The molecule has 1 aromatic heterocycles. The number of rotatable bonds is 3. The summed E-state index contributed by atoms with van der Waals surface area (Å²) >= 11 is 0. The largest absolute Gasteiger partial charge is 0.416 e. The summed E-state index contributed by atoms with van der Waals surface area (Å²) in [6.45, 7) is 1.94. The number of nitrogens with zero attached hydrogens (tertiary/aromatic N) is 2. The molecule has 3 heterocycles. The van der Waals surface area contributed by atoms with Gasteiger partial charge in [0.05, 0.1) is 17.9 Å². The van der Waals surface area contributed by atoms with Crippen LogP contribution in [0.25, 0.3) is 0 Å². The molecule has 0 bridgehead atoms. The van der Waals surface area contributed by atoms with Crippen LogP contribution < -0.4 is 5.32 Å². The summed E-state index contributed by atoms with van der Waals surface area (Å²) in [4.78, 5) is 18.4. The van der Waals surface area contributed by atoms with Gasteiger partial charge in [0.15, 0.2) is 0 Å². The van der Waals surface area contributed by atoms with E-state index in [9.17, 15) is 22.4 Å². The van der Waals surface area contributed by atoms with E-state index in [1.807, 2.05) is 4.90 Å². The van der Waals surface area contributed by atoms with Gasteiger partial charge in [-0.15, -0.1) is 0 Å². The van der Waals surface area contributed by atoms with Crippen molar-refractivity contribution in [2.75, 3.05) is 26.2 Å². The monoisotopic (exact) mass is 409 g/mol. The third kappa shape index (κ3) is 4.25. The van der Waals surface area contributed by atoms with Crippen molar-refractivity contribution in [1.29, 1.82) is 0 Å². The molecule has 0 radical (unpaired) electrons. The van der Waals surface area contributed by atoms with E-state index in [1.54, 1.807) is 12.3 Å². The summed E-state index contributed by atoms with van der Waals surface area (Å²) in [5.74, 6) is -1.06. The molecule has 29 heavy (non-hydrogen) atoms. The molecule has 0 spiro atoms. The number of hydrogen-bond donors (Lipinski definition) is 1. The molecule has 1 amide bonds. The van der Waals surface area contributed by atoms with Crippen LogP contribution in [0.4, 0.5) is 17.6 Å². The minimum absolute atomic E-state index is 0.151. The number of benzene rings is 1. The molecule has 1 saturated heterocycles. The van der Waals surface area contributed by atoms with Crippen molar-refractivity contribution in [1.82, 2.24) is 15.2 Å². The molecule has 2 aliphatic rings. The van der Waals surface area contributed by atoms with Crippen LogP contribution in [0.2, 0.25) is 0 Å². The molecular weight excluding hydrogens is 390 g/mol. The van der Waals surface area contributed by atoms with Crippen LogP contribution in [0.1, 0.15) is 38.8 Å². The Hall–Kier alpha value is -2.52. The van der Waals surface area contributed by atoms with Crippen LogP contribution in [0.3, 0.4) is 0 Å². The minimum atomic E-state index is -4.60. The van der Waals surface area contributed by atoms with Crippen molar-refractivity contribution >= 4 is 5.91 Å². The lowest BCUT2D eigenvalue weighted by Crippen LogP contribution is -2.39. The molecule has 5 nitrogen and oxygen atoms in total. The zero-order valence-electron chi connectivity index (χ0n) is 15.4. The Kier molecular flexibility index (Phi) is 5.26. The normalized spacial score (nSPS) is 20.3. The van der Waals surface area contributed by atoms with Crippen molar-refractivity contribution in [2.45, 2.75) is 25.2 Å². The predicted octanol–water partition coefficient (Wildman–Crippen LogP) is 3.10. The fraction of sp³-hybridized carbons (Fsp3) is 0.400. The third-order valence-corrected chi connectivity index (χ3v) is 5.14. The fourth-order valence-corrected chi connectivity index (χ4v) is 3.83. The van der Waals surface area contributed by atoms with Gasteiger partial charge in [-0.05, 0) is 41.8 Å². The summed E-state index contributed by atoms with van der Waals surface area (Å²) in [7, 11) is 0. The number of carbonyl (C=O) groups excluding carboxylic acids is 1. The van der Waals surface area contributed by atoms with Gasteiger partial charge in [-0.3, -0.25) is 14.7 Å². The van der Waals surface area contributed by atoms with Crippen LogP contribution in [0, 0.1) is 5.82 Å². The molecule has 0 unspecified atom stereocenters. The van der Waals surface area contributed by atoms with E-state index < -0.39 is 23.7 Å². The van der Waals surface area contributed by atoms with E-state index in [-0.39, 0.29) is 18.0 Å². The molecule has 0 aliphatic carbocycles. The lowest BCUT2D eigenvalue weighted by atomic mass is 9.96. The lowest BCUT2D eigenvalue weighted by Gasteiger charge is -2.34. The summed E-state index contributed by atoms with van der Waals surface area (Å²) < 4.78 is 58.4. The van der Waals surface area contributed by atoms with E-state index >= 15 is 0 Å². The van der Waals surface area contributed by atoms with Crippen LogP contribution in [0.15, 0.2) is 30.5 Å². The smallest absolute Gasteiger partial charge is 0.369 e. The maximum Gasteiger partial charge on any atom is 0.416 e.